The molecule has 0 unspecified atom stereocenters. The van der Waals surface area contributed by atoms with Crippen LogP contribution in [0.1, 0.15) is 23.2 Å². The lowest BCUT2D eigenvalue weighted by molar-refractivity contribution is 0.0605. The Morgan fingerprint density at radius 1 is 1.17 bits per heavy atom. The number of benzene rings is 1. The fourth-order valence-electron chi connectivity index (χ4n) is 3.26. The minimum atomic E-state index is -3.18. The van der Waals surface area contributed by atoms with Crippen LogP contribution >= 0.6 is 35.0 Å². The number of thioether (sulfide) groups is 1. The maximum absolute atomic E-state index is 12.9. The zero-order valence-electron chi connectivity index (χ0n) is 13.2. The average Bonchev–Trinajstić information content (AvgIpc) is 2.92. The van der Waals surface area contributed by atoms with E-state index in [0.717, 1.165) is 5.75 Å². The second kappa shape index (κ2) is 6.68. The number of hydrogen-bond acceptors (Lipinski definition) is 4. The molecule has 0 atom stereocenters. The highest BCUT2D eigenvalue weighted by atomic mass is 35.5. The Balaban J connectivity index is 1.81. The Kier molecular flexibility index (Phi) is 5.10. The number of piperidine rings is 1. The monoisotopic (exact) mass is 408 g/mol. The molecule has 2 aliphatic rings. The Hall–Kier alpha value is -0.470. The molecular formula is C15H18Cl2N2O3S2. The van der Waals surface area contributed by atoms with Crippen molar-refractivity contribution in [2.45, 2.75) is 17.7 Å². The van der Waals surface area contributed by atoms with E-state index >= 15 is 0 Å². The van der Waals surface area contributed by atoms with E-state index in [2.05, 4.69) is 0 Å². The minimum absolute atomic E-state index is 0.0774. The summed E-state index contributed by atoms with van der Waals surface area (Å²) in [6, 6.07) is 4.90. The van der Waals surface area contributed by atoms with Crippen molar-refractivity contribution in [2.75, 3.05) is 31.6 Å². The molecule has 2 heterocycles. The van der Waals surface area contributed by atoms with Crippen LogP contribution in [0.15, 0.2) is 18.2 Å². The highest BCUT2D eigenvalue weighted by Gasteiger charge is 2.47. The first kappa shape index (κ1) is 18.3. The van der Waals surface area contributed by atoms with Crippen molar-refractivity contribution >= 4 is 50.9 Å². The van der Waals surface area contributed by atoms with E-state index in [1.54, 1.807) is 30.0 Å². The molecule has 1 aromatic carbocycles. The molecule has 9 heteroatoms. The summed E-state index contributed by atoms with van der Waals surface area (Å²) < 4.78 is 24.9. The zero-order valence-corrected chi connectivity index (χ0v) is 16.3. The fraction of sp³-hybridized carbons (Fsp3) is 0.533. The van der Waals surface area contributed by atoms with Gasteiger partial charge in [-0.05, 0) is 31.0 Å². The largest absolute Gasteiger partial charge is 0.323 e. The summed E-state index contributed by atoms with van der Waals surface area (Å²) in [6.45, 7) is 1.54. The van der Waals surface area contributed by atoms with Gasteiger partial charge in [0.2, 0.25) is 10.0 Å². The standard InChI is InChI=1S/C15H18Cl2N2O3S2/c1-24(21,22)18-6-4-15(5-7-18)19(8-9-23-15)14(20)11-2-3-12(16)13(17)10-11/h2-3,10H,4-9H2,1H3. The Labute approximate surface area is 156 Å². The third-order valence-corrected chi connectivity index (χ3v) is 8.16. The molecule has 3 rings (SSSR count). The van der Waals surface area contributed by atoms with E-state index in [1.165, 1.54) is 10.6 Å². The van der Waals surface area contributed by atoms with Crippen molar-refractivity contribution in [1.82, 2.24) is 9.21 Å². The van der Waals surface area contributed by atoms with Crippen LogP contribution in [0, 0.1) is 0 Å². The number of carbonyl (C=O) groups excluding carboxylic acids is 1. The number of hydrogen-bond donors (Lipinski definition) is 0. The Bertz CT molecular complexity index is 762. The molecule has 0 radical (unpaired) electrons. The van der Waals surface area contributed by atoms with Crippen molar-refractivity contribution in [3.8, 4) is 0 Å². The van der Waals surface area contributed by atoms with Gasteiger partial charge < -0.3 is 4.90 Å². The summed E-state index contributed by atoms with van der Waals surface area (Å²) in [7, 11) is -3.18. The number of nitrogens with zero attached hydrogens (tertiary/aromatic N) is 2. The molecule has 0 N–H and O–H groups in total. The van der Waals surface area contributed by atoms with Crippen LogP contribution in [0.4, 0.5) is 0 Å². The smallest absolute Gasteiger partial charge is 0.255 e. The average molecular weight is 409 g/mol. The molecule has 2 aliphatic heterocycles. The van der Waals surface area contributed by atoms with Gasteiger partial charge in [0, 0.05) is 31.0 Å². The molecule has 0 bridgehead atoms. The number of carbonyl (C=O) groups is 1. The Morgan fingerprint density at radius 2 is 1.83 bits per heavy atom. The van der Waals surface area contributed by atoms with E-state index in [-0.39, 0.29) is 10.8 Å². The summed E-state index contributed by atoms with van der Waals surface area (Å²) in [5, 5.41) is 0.774. The van der Waals surface area contributed by atoms with Crippen LogP contribution in [-0.2, 0) is 10.0 Å². The molecule has 0 saturated carbocycles. The highest BCUT2D eigenvalue weighted by Crippen LogP contribution is 2.45. The van der Waals surface area contributed by atoms with E-state index in [4.69, 9.17) is 23.2 Å². The van der Waals surface area contributed by atoms with Crippen LogP contribution in [0.2, 0.25) is 10.0 Å². The van der Waals surface area contributed by atoms with Gasteiger partial charge in [-0.2, -0.15) is 0 Å². The molecule has 2 saturated heterocycles. The molecule has 0 aromatic heterocycles. The predicted molar refractivity (Wildman–Crippen MR) is 98.3 cm³/mol. The van der Waals surface area contributed by atoms with Crippen LogP contribution in [0.3, 0.4) is 0 Å². The molecule has 24 heavy (non-hydrogen) atoms. The number of sulfonamides is 1. The molecule has 5 nitrogen and oxygen atoms in total. The van der Waals surface area contributed by atoms with Crippen molar-refractivity contribution in [1.29, 1.82) is 0 Å². The van der Waals surface area contributed by atoms with Gasteiger partial charge >= 0.3 is 0 Å². The third kappa shape index (κ3) is 3.42. The van der Waals surface area contributed by atoms with Crippen molar-refractivity contribution in [3.63, 3.8) is 0 Å². The molecular weight excluding hydrogens is 391 g/mol. The van der Waals surface area contributed by atoms with Gasteiger partial charge in [0.15, 0.2) is 0 Å². The fourth-order valence-corrected chi connectivity index (χ4v) is 5.86. The van der Waals surface area contributed by atoms with Gasteiger partial charge in [-0.15, -0.1) is 11.8 Å². The Morgan fingerprint density at radius 3 is 2.42 bits per heavy atom. The van der Waals surface area contributed by atoms with Crippen LogP contribution in [0.5, 0.6) is 0 Å². The van der Waals surface area contributed by atoms with Gasteiger partial charge in [-0.3, -0.25) is 4.79 Å². The van der Waals surface area contributed by atoms with Gasteiger partial charge in [-0.25, -0.2) is 12.7 Å². The first-order chi connectivity index (χ1) is 11.2. The van der Waals surface area contributed by atoms with E-state index < -0.39 is 10.0 Å². The molecule has 1 aromatic rings. The second-order valence-corrected chi connectivity index (χ2v) is 10.3. The third-order valence-electron chi connectivity index (χ3n) is 4.56. The van der Waals surface area contributed by atoms with Crippen molar-refractivity contribution in [2.24, 2.45) is 0 Å². The SMILES string of the molecule is CS(=O)(=O)N1CCC2(CC1)SCCN2C(=O)c1ccc(Cl)c(Cl)c1. The maximum atomic E-state index is 12.9. The lowest BCUT2D eigenvalue weighted by atomic mass is 10.0. The zero-order chi connectivity index (χ0) is 17.5. The van der Waals surface area contributed by atoms with Gasteiger partial charge in [0.25, 0.3) is 5.91 Å². The lowest BCUT2D eigenvalue weighted by Crippen LogP contribution is -2.53. The summed E-state index contributed by atoms with van der Waals surface area (Å²) in [4.78, 5) is 14.5. The van der Waals surface area contributed by atoms with Crippen LogP contribution in [-0.4, -0.2) is 60.0 Å². The lowest BCUT2D eigenvalue weighted by Gasteiger charge is -2.43. The minimum Gasteiger partial charge on any atom is -0.323 e. The molecule has 132 valence electrons. The van der Waals surface area contributed by atoms with Crippen molar-refractivity contribution < 1.29 is 13.2 Å². The molecule has 1 amide bonds. The first-order valence-electron chi connectivity index (χ1n) is 7.59. The summed E-state index contributed by atoms with van der Waals surface area (Å²) >= 11 is 13.7. The summed E-state index contributed by atoms with van der Waals surface area (Å²) in [6.07, 6.45) is 2.50. The molecule has 1 spiro atoms. The van der Waals surface area contributed by atoms with E-state index in [1.807, 2.05) is 4.90 Å². The van der Waals surface area contributed by atoms with E-state index in [0.29, 0.717) is 48.1 Å². The number of halogens is 2. The van der Waals surface area contributed by atoms with Gasteiger partial charge in [-0.1, -0.05) is 23.2 Å². The van der Waals surface area contributed by atoms with Crippen LogP contribution in [0.25, 0.3) is 0 Å². The summed E-state index contributed by atoms with van der Waals surface area (Å²) in [5.74, 6) is 0.776. The normalized spacial score (nSPS) is 21.4. The highest BCUT2D eigenvalue weighted by molar-refractivity contribution is 8.00. The topological polar surface area (TPSA) is 57.7 Å². The first-order valence-corrected chi connectivity index (χ1v) is 11.2. The molecule has 2 fully saturated rings. The quantitative estimate of drug-likeness (QED) is 0.754. The predicted octanol–water partition coefficient (Wildman–Crippen LogP) is 2.93. The second-order valence-electron chi connectivity index (χ2n) is 6.04. The number of rotatable bonds is 2. The maximum Gasteiger partial charge on any atom is 0.255 e. The van der Waals surface area contributed by atoms with Crippen LogP contribution < -0.4 is 0 Å². The van der Waals surface area contributed by atoms with E-state index in [9.17, 15) is 13.2 Å². The number of amides is 1. The van der Waals surface area contributed by atoms with Gasteiger partial charge in [0.05, 0.1) is 21.2 Å². The summed E-state index contributed by atoms with van der Waals surface area (Å²) in [5.41, 5.74) is 0.511. The molecule has 0 aliphatic carbocycles. The van der Waals surface area contributed by atoms with Crippen molar-refractivity contribution in [3.05, 3.63) is 33.8 Å². The van der Waals surface area contributed by atoms with Gasteiger partial charge in [0.1, 0.15) is 0 Å².